The van der Waals surface area contributed by atoms with E-state index in [0.29, 0.717) is 33.5 Å². The fourth-order valence-corrected chi connectivity index (χ4v) is 3.42. The van der Waals surface area contributed by atoms with Crippen LogP contribution in [0.15, 0.2) is 24.3 Å². The van der Waals surface area contributed by atoms with Crippen molar-refractivity contribution in [1.29, 1.82) is 0 Å². The maximum absolute atomic E-state index is 13.5. The highest BCUT2D eigenvalue weighted by atomic mass is 35.5. The third-order valence-corrected chi connectivity index (χ3v) is 4.77. The minimum atomic E-state index is -0.337. The number of anilines is 2. The van der Waals surface area contributed by atoms with Gasteiger partial charge in [-0.1, -0.05) is 11.6 Å². The van der Waals surface area contributed by atoms with Crippen LogP contribution in [0.25, 0.3) is 23.2 Å². The first kappa shape index (κ1) is 18.6. The van der Waals surface area contributed by atoms with Crippen molar-refractivity contribution in [1.82, 2.24) is 19.9 Å². The highest BCUT2D eigenvalue weighted by Crippen LogP contribution is 2.24. The number of hydrogen-bond donors (Lipinski definition) is 0. The molecule has 1 aliphatic heterocycles. The Balaban J connectivity index is 1.71. The lowest BCUT2D eigenvalue weighted by Gasteiger charge is -2.16. The molecule has 1 aromatic carbocycles. The van der Waals surface area contributed by atoms with Gasteiger partial charge in [0.25, 0.3) is 0 Å². The lowest BCUT2D eigenvalue weighted by molar-refractivity contribution is 0.629. The average molecular weight is 399 g/mol. The third kappa shape index (κ3) is 3.89. The zero-order chi connectivity index (χ0) is 19.7. The molecular weight excluding hydrogens is 379 g/mol. The van der Waals surface area contributed by atoms with Gasteiger partial charge in [-0.15, -0.1) is 0 Å². The number of hydrogen-bond acceptors (Lipinski definition) is 6. The molecule has 0 aliphatic carbocycles. The Morgan fingerprint density at radius 3 is 2.54 bits per heavy atom. The molecule has 0 atom stereocenters. The van der Waals surface area contributed by atoms with Crippen LogP contribution in [0.4, 0.5) is 16.0 Å². The quantitative estimate of drug-likeness (QED) is 0.618. The van der Waals surface area contributed by atoms with E-state index >= 15 is 0 Å². The molecule has 8 heteroatoms. The predicted molar refractivity (Wildman–Crippen MR) is 111 cm³/mol. The van der Waals surface area contributed by atoms with Crippen LogP contribution in [-0.4, -0.2) is 47.1 Å². The number of nitrogens with zero attached hydrogens (tertiary/aromatic N) is 6. The van der Waals surface area contributed by atoms with Gasteiger partial charge in [-0.05, 0) is 37.1 Å². The van der Waals surface area contributed by atoms with Crippen LogP contribution in [-0.2, 0) is 0 Å². The molecule has 3 heterocycles. The molecular formula is C20H20ClFN6. The Morgan fingerprint density at radius 2 is 1.79 bits per heavy atom. The van der Waals surface area contributed by atoms with Crippen LogP contribution in [0.3, 0.4) is 0 Å². The predicted octanol–water partition coefficient (Wildman–Crippen LogP) is 4.05. The monoisotopic (exact) mass is 398 g/mol. The van der Waals surface area contributed by atoms with Gasteiger partial charge in [-0.25, -0.2) is 24.3 Å². The van der Waals surface area contributed by atoms with Gasteiger partial charge in [-0.3, -0.25) is 0 Å². The van der Waals surface area contributed by atoms with Crippen molar-refractivity contribution in [2.45, 2.75) is 12.8 Å². The molecule has 0 unspecified atom stereocenters. The van der Waals surface area contributed by atoms with Crippen LogP contribution in [0.2, 0.25) is 5.15 Å². The van der Waals surface area contributed by atoms with Crippen molar-refractivity contribution in [3.8, 4) is 0 Å². The average Bonchev–Trinajstić information content (AvgIpc) is 3.20. The molecule has 0 amide bonds. The van der Waals surface area contributed by atoms with Gasteiger partial charge in [0.15, 0.2) is 11.6 Å². The molecule has 0 radical (unpaired) electrons. The highest BCUT2D eigenvalue weighted by molar-refractivity contribution is 6.29. The van der Waals surface area contributed by atoms with Crippen LogP contribution in [0.1, 0.15) is 24.4 Å². The van der Waals surface area contributed by atoms with Gasteiger partial charge in [0.1, 0.15) is 22.5 Å². The van der Waals surface area contributed by atoms with Gasteiger partial charge in [0.2, 0.25) is 0 Å². The summed E-state index contributed by atoms with van der Waals surface area (Å²) < 4.78 is 13.5. The largest absolute Gasteiger partial charge is 0.361 e. The molecule has 0 bridgehead atoms. The Labute approximate surface area is 167 Å². The lowest BCUT2D eigenvalue weighted by Crippen LogP contribution is -2.19. The zero-order valence-electron chi connectivity index (χ0n) is 15.7. The molecule has 0 spiro atoms. The highest BCUT2D eigenvalue weighted by Gasteiger charge is 2.15. The fourth-order valence-electron chi connectivity index (χ4n) is 3.23. The summed E-state index contributed by atoms with van der Waals surface area (Å²) >= 11 is 6.20. The Hall–Kier alpha value is -2.80. The SMILES string of the molecule is CN(C)c1nc2cc(F)ccc2nc1C=Cc1nc(Cl)cc(N2CCCC2)n1. The van der Waals surface area contributed by atoms with Crippen molar-refractivity contribution in [2.24, 2.45) is 0 Å². The van der Waals surface area contributed by atoms with E-state index in [0.717, 1.165) is 31.7 Å². The van der Waals surface area contributed by atoms with E-state index in [1.54, 1.807) is 18.2 Å². The molecule has 28 heavy (non-hydrogen) atoms. The van der Waals surface area contributed by atoms with E-state index < -0.39 is 0 Å². The number of rotatable bonds is 4. The topological polar surface area (TPSA) is 58.0 Å². The first-order valence-electron chi connectivity index (χ1n) is 9.12. The number of aromatic nitrogens is 4. The second-order valence-electron chi connectivity index (χ2n) is 6.89. The second kappa shape index (κ2) is 7.67. The van der Waals surface area contributed by atoms with Crippen molar-refractivity contribution >= 4 is 46.4 Å². The van der Waals surface area contributed by atoms with E-state index in [9.17, 15) is 4.39 Å². The maximum Gasteiger partial charge on any atom is 0.156 e. The van der Waals surface area contributed by atoms with Gasteiger partial charge in [0.05, 0.1) is 11.0 Å². The molecule has 1 aliphatic rings. The van der Waals surface area contributed by atoms with Crippen LogP contribution in [0.5, 0.6) is 0 Å². The number of halogens is 2. The second-order valence-corrected chi connectivity index (χ2v) is 7.28. The molecule has 6 nitrogen and oxygen atoms in total. The first-order chi connectivity index (χ1) is 13.5. The summed E-state index contributed by atoms with van der Waals surface area (Å²) in [5.41, 5.74) is 1.78. The molecule has 1 saturated heterocycles. The molecule has 4 rings (SSSR count). The minimum absolute atomic E-state index is 0.337. The fraction of sp³-hybridized carbons (Fsp3) is 0.300. The van der Waals surface area contributed by atoms with Gasteiger partial charge in [0, 0.05) is 39.3 Å². The van der Waals surface area contributed by atoms with Crippen LogP contribution >= 0.6 is 11.6 Å². The summed E-state index contributed by atoms with van der Waals surface area (Å²) in [7, 11) is 3.74. The standard InChI is InChI=1S/C20H20ClFN6/c1-27(2)20-15(23-14-6-5-13(22)11-16(14)24-20)7-8-18-25-17(21)12-19(26-18)28-9-3-4-10-28/h5-8,11-12H,3-4,9-10H2,1-2H3. The van der Waals surface area contributed by atoms with Crippen LogP contribution < -0.4 is 9.80 Å². The molecule has 0 saturated carbocycles. The van der Waals surface area contributed by atoms with Gasteiger partial charge >= 0.3 is 0 Å². The summed E-state index contributed by atoms with van der Waals surface area (Å²) in [5, 5.41) is 0.407. The Bertz CT molecular complexity index is 1050. The Morgan fingerprint density at radius 1 is 1.00 bits per heavy atom. The number of benzene rings is 1. The van der Waals surface area contributed by atoms with Gasteiger partial charge in [-0.2, -0.15) is 0 Å². The van der Waals surface area contributed by atoms with Crippen molar-refractivity contribution in [3.63, 3.8) is 0 Å². The van der Waals surface area contributed by atoms with E-state index in [2.05, 4.69) is 24.8 Å². The molecule has 1 fully saturated rings. The van der Waals surface area contributed by atoms with Crippen molar-refractivity contribution in [2.75, 3.05) is 37.0 Å². The summed E-state index contributed by atoms with van der Waals surface area (Å²) in [6.45, 7) is 1.96. The van der Waals surface area contributed by atoms with Crippen LogP contribution in [0, 0.1) is 5.82 Å². The molecule has 0 N–H and O–H groups in total. The first-order valence-corrected chi connectivity index (χ1v) is 9.49. The normalized spacial score (nSPS) is 14.4. The van der Waals surface area contributed by atoms with Crippen molar-refractivity contribution < 1.29 is 4.39 Å². The molecule has 3 aromatic rings. The van der Waals surface area contributed by atoms with E-state index in [-0.39, 0.29) is 5.82 Å². The lowest BCUT2D eigenvalue weighted by atomic mass is 10.2. The zero-order valence-corrected chi connectivity index (χ0v) is 16.5. The minimum Gasteiger partial charge on any atom is -0.361 e. The van der Waals surface area contributed by atoms with Gasteiger partial charge < -0.3 is 9.80 Å². The summed E-state index contributed by atoms with van der Waals surface area (Å²) in [6, 6.07) is 6.17. The van der Waals surface area contributed by atoms with E-state index in [4.69, 9.17) is 11.6 Å². The smallest absolute Gasteiger partial charge is 0.156 e. The summed E-state index contributed by atoms with van der Waals surface area (Å²) in [4.78, 5) is 22.1. The molecule has 144 valence electrons. The Kier molecular flexibility index (Phi) is 5.09. The van der Waals surface area contributed by atoms with E-state index in [1.807, 2.05) is 25.1 Å². The maximum atomic E-state index is 13.5. The molecule has 2 aromatic heterocycles. The summed E-state index contributed by atoms with van der Waals surface area (Å²) in [5.74, 6) is 1.65. The van der Waals surface area contributed by atoms with Crippen molar-refractivity contribution in [3.05, 3.63) is 46.8 Å². The van der Waals surface area contributed by atoms with E-state index in [1.165, 1.54) is 12.1 Å². The summed E-state index contributed by atoms with van der Waals surface area (Å²) in [6.07, 6.45) is 5.90. The number of fused-ring (bicyclic) bond motifs is 1. The third-order valence-electron chi connectivity index (χ3n) is 4.58.